The van der Waals surface area contributed by atoms with Gasteiger partial charge in [0, 0.05) is 17.6 Å². The van der Waals surface area contributed by atoms with E-state index in [1.807, 2.05) is 6.26 Å². The van der Waals surface area contributed by atoms with Crippen LogP contribution < -0.4 is 5.73 Å². The first-order chi connectivity index (χ1) is 7.83. The van der Waals surface area contributed by atoms with E-state index in [-0.39, 0.29) is 0 Å². The minimum Gasteiger partial charge on any atom is -0.472 e. The molecule has 1 aromatic heterocycles. The van der Waals surface area contributed by atoms with Crippen molar-refractivity contribution in [3.8, 4) is 0 Å². The molecule has 0 bridgehead atoms. The topological polar surface area (TPSA) is 42.4 Å². The van der Waals surface area contributed by atoms with Crippen LogP contribution in [-0.2, 0) is 0 Å². The quantitative estimate of drug-likeness (QED) is 0.851. The third kappa shape index (κ3) is 2.47. The van der Waals surface area contributed by atoms with Crippen molar-refractivity contribution in [2.75, 3.05) is 13.1 Å². The molecule has 0 aliphatic carbocycles. The van der Waals surface area contributed by atoms with Gasteiger partial charge in [0.15, 0.2) is 0 Å². The van der Waals surface area contributed by atoms with Gasteiger partial charge < -0.3 is 10.2 Å². The molecule has 2 unspecified atom stereocenters. The Bertz CT molecular complexity index is 295. The number of likely N-dealkylation sites (tertiary alicyclic amines) is 1. The van der Waals surface area contributed by atoms with Crippen LogP contribution in [0.25, 0.3) is 0 Å². The summed E-state index contributed by atoms with van der Waals surface area (Å²) in [7, 11) is 0. The zero-order chi connectivity index (χ0) is 11.4. The molecule has 3 nitrogen and oxygen atoms in total. The van der Waals surface area contributed by atoms with Crippen molar-refractivity contribution in [1.82, 2.24) is 4.90 Å². The van der Waals surface area contributed by atoms with E-state index >= 15 is 0 Å². The van der Waals surface area contributed by atoms with E-state index in [4.69, 9.17) is 10.2 Å². The molecule has 1 aliphatic heterocycles. The Morgan fingerprint density at radius 3 is 3.12 bits per heavy atom. The van der Waals surface area contributed by atoms with E-state index in [0.29, 0.717) is 12.1 Å². The highest BCUT2D eigenvalue weighted by molar-refractivity contribution is 5.11. The number of hydrogen-bond donors (Lipinski definition) is 1. The van der Waals surface area contributed by atoms with Gasteiger partial charge in [0.25, 0.3) is 0 Å². The molecule has 0 spiro atoms. The lowest BCUT2D eigenvalue weighted by atomic mass is 9.96. The Hall–Kier alpha value is -0.800. The summed E-state index contributed by atoms with van der Waals surface area (Å²) in [5, 5.41) is 0. The van der Waals surface area contributed by atoms with Crippen molar-refractivity contribution < 1.29 is 4.42 Å². The number of piperidine rings is 1. The summed E-state index contributed by atoms with van der Waals surface area (Å²) >= 11 is 0. The fourth-order valence-electron chi connectivity index (χ4n) is 2.74. The number of rotatable bonds is 4. The summed E-state index contributed by atoms with van der Waals surface area (Å²) in [6, 6.07) is 3.18. The van der Waals surface area contributed by atoms with E-state index in [1.54, 1.807) is 6.26 Å². The van der Waals surface area contributed by atoms with Crippen molar-refractivity contribution in [2.24, 2.45) is 5.73 Å². The average molecular weight is 222 g/mol. The fraction of sp³-hybridized carbons (Fsp3) is 0.692. The first-order valence-electron chi connectivity index (χ1n) is 6.31. The minimum atomic E-state index is 0.454. The molecule has 0 radical (unpaired) electrons. The second-order valence-electron chi connectivity index (χ2n) is 4.70. The molecule has 1 fully saturated rings. The van der Waals surface area contributed by atoms with Crippen molar-refractivity contribution >= 4 is 0 Å². The van der Waals surface area contributed by atoms with Crippen molar-refractivity contribution in [3.63, 3.8) is 0 Å². The van der Waals surface area contributed by atoms with Crippen molar-refractivity contribution in [1.29, 1.82) is 0 Å². The third-order valence-electron chi connectivity index (χ3n) is 3.70. The van der Waals surface area contributed by atoms with Crippen LogP contribution in [0.3, 0.4) is 0 Å². The zero-order valence-corrected chi connectivity index (χ0v) is 10.1. The van der Waals surface area contributed by atoms with Gasteiger partial charge in [0.1, 0.15) is 0 Å². The maximum Gasteiger partial charge on any atom is 0.0950 e. The summed E-state index contributed by atoms with van der Waals surface area (Å²) in [4.78, 5) is 2.58. The van der Waals surface area contributed by atoms with Crippen molar-refractivity contribution in [2.45, 2.75) is 44.7 Å². The van der Waals surface area contributed by atoms with Gasteiger partial charge in [-0.3, -0.25) is 4.90 Å². The van der Waals surface area contributed by atoms with Crippen LogP contribution in [0.4, 0.5) is 0 Å². The van der Waals surface area contributed by atoms with Crippen LogP contribution in [0.1, 0.15) is 44.2 Å². The molecule has 0 amide bonds. The maximum absolute atomic E-state index is 5.70. The molecule has 16 heavy (non-hydrogen) atoms. The molecule has 2 N–H and O–H groups in total. The van der Waals surface area contributed by atoms with Gasteiger partial charge in [-0.1, -0.05) is 6.42 Å². The summed E-state index contributed by atoms with van der Waals surface area (Å²) < 4.78 is 5.17. The predicted octanol–water partition coefficient (Wildman–Crippen LogP) is 2.54. The minimum absolute atomic E-state index is 0.454. The van der Waals surface area contributed by atoms with E-state index in [2.05, 4.69) is 17.9 Å². The summed E-state index contributed by atoms with van der Waals surface area (Å²) in [6.07, 6.45) is 8.68. The Labute approximate surface area is 97.6 Å². The van der Waals surface area contributed by atoms with Crippen LogP contribution in [0.2, 0.25) is 0 Å². The monoisotopic (exact) mass is 222 g/mol. The SMILES string of the molecule is CC(c1ccoc1)N1CCCCC1CCN. The second-order valence-corrected chi connectivity index (χ2v) is 4.70. The summed E-state index contributed by atoms with van der Waals surface area (Å²) in [5.74, 6) is 0. The summed E-state index contributed by atoms with van der Waals surface area (Å²) in [5.41, 5.74) is 6.98. The van der Waals surface area contributed by atoms with E-state index < -0.39 is 0 Å². The smallest absolute Gasteiger partial charge is 0.0950 e. The highest BCUT2D eigenvalue weighted by atomic mass is 16.3. The molecular formula is C13H22N2O. The van der Waals surface area contributed by atoms with Crippen LogP contribution in [0.5, 0.6) is 0 Å². The number of nitrogens with two attached hydrogens (primary N) is 1. The molecular weight excluding hydrogens is 200 g/mol. The predicted molar refractivity (Wildman–Crippen MR) is 65.1 cm³/mol. The number of nitrogens with zero attached hydrogens (tertiary/aromatic N) is 1. The van der Waals surface area contributed by atoms with Crippen LogP contribution in [-0.4, -0.2) is 24.0 Å². The first-order valence-corrected chi connectivity index (χ1v) is 6.31. The Balaban J connectivity index is 2.04. The fourth-order valence-corrected chi connectivity index (χ4v) is 2.74. The molecule has 2 atom stereocenters. The Morgan fingerprint density at radius 1 is 1.56 bits per heavy atom. The van der Waals surface area contributed by atoms with Gasteiger partial charge in [0.05, 0.1) is 12.5 Å². The largest absolute Gasteiger partial charge is 0.472 e. The van der Waals surface area contributed by atoms with Gasteiger partial charge in [-0.25, -0.2) is 0 Å². The van der Waals surface area contributed by atoms with Gasteiger partial charge in [-0.15, -0.1) is 0 Å². The van der Waals surface area contributed by atoms with E-state index in [1.165, 1.54) is 31.4 Å². The number of hydrogen-bond acceptors (Lipinski definition) is 3. The first kappa shape index (κ1) is 11.7. The van der Waals surface area contributed by atoms with Gasteiger partial charge in [-0.05, 0) is 45.3 Å². The summed E-state index contributed by atoms with van der Waals surface area (Å²) in [6.45, 7) is 4.25. The molecule has 3 heteroatoms. The molecule has 0 aromatic carbocycles. The van der Waals surface area contributed by atoms with Crippen LogP contribution >= 0.6 is 0 Å². The third-order valence-corrected chi connectivity index (χ3v) is 3.70. The normalized spacial score (nSPS) is 24.5. The lowest BCUT2D eigenvalue weighted by Crippen LogP contribution is -2.42. The second kappa shape index (κ2) is 5.51. The van der Waals surface area contributed by atoms with Gasteiger partial charge >= 0.3 is 0 Å². The van der Waals surface area contributed by atoms with Crippen LogP contribution in [0.15, 0.2) is 23.0 Å². The Morgan fingerprint density at radius 2 is 2.44 bits per heavy atom. The molecule has 90 valence electrons. The zero-order valence-electron chi connectivity index (χ0n) is 10.1. The Kier molecular flexibility index (Phi) is 4.02. The lowest BCUT2D eigenvalue weighted by Gasteiger charge is -2.39. The average Bonchev–Trinajstić information content (AvgIpc) is 2.83. The molecule has 1 aliphatic rings. The van der Waals surface area contributed by atoms with Gasteiger partial charge in [0.2, 0.25) is 0 Å². The van der Waals surface area contributed by atoms with E-state index in [9.17, 15) is 0 Å². The highest BCUT2D eigenvalue weighted by Crippen LogP contribution is 2.29. The van der Waals surface area contributed by atoms with E-state index in [0.717, 1.165) is 13.0 Å². The van der Waals surface area contributed by atoms with Gasteiger partial charge in [-0.2, -0.15) is 0 Å². The molecule has 2 heterocycles. The lowest BCUT2D eigenvalue weighted by molar-refractivity contribution is 0.0981. The molecule has 1 saturated heterocycles. The number of furan rings is 1. The molecule has 0 saturated carbocycles. The standard InChI is InChI=1S/C13H22N2O/c1-11(12-6-9-16-10-12)15-8-3-2-4-13(15)5-7-14/h6,9-11,13H,2-5,7-8,14H2,1H3. The van der Waals surface area contributed by atoms with Crippen LogP contribution in [0, 0.1) is 0 Å². The highest BCUT2D eigenvalue weighted by Gasteiger charge is 2.26. The van der Waals surface area contributed by atoms with Crippen molar-refractivity contribution in [3.05, 3.63) is 24.2 Å². The molecule has 2 rings (SSSR count). The molecule has 1 aromatic rings. The maximum atomic E-state index is 5.70.